The molecule has 0 spiro atoms. The van der Waals surface area contributed by atoms with Crippen LogP contribution in [0.4, 0.5) is 8.78 Å². The molecule has 0 aromatic heterocycles. The molecule has 112 valence electrons. The molecule has 1 rings (SSSR count). The molecule has 0 N–H and O–H groups in total. The molecular formula is C18H26F2. The van der Waals surface area contributed by atoms with Gasteiger partial charge in [0.05, 0.1) is 0 Å². The summed E-state index contributed by atoms with van der Waals surface area (Å²) in [4.78, 5) is 0. The number of benzene rings is 1. The summed E-state index contributed by atoms with van der Waals surface area (Å²) in [6.45, 7) is 12.6. The average molecular weight is 280 g/mol. The number of halogens is 2. The van der Waals surface area contributed by atoms with Crippen LogP contribution in [-0.2, 0) is 5.92 Å². The maximum Gasteiger partial charge on any atom is 0.278 e. The number of aryl methyl sites for hydroxylation is 1. The van der Waals surface area contributed by atoms with Crippen molar-refractivity contribution in [3.05, 3.63) is 41.5 Å². The Balaban J connectivity index is 3.36. The second-order valence-corrected chi connectivity index (χ2v) is 6.53. The summed E-state index contributed by atoms with van der Waals surface area (Å²) in [5, 5.41) is 0. The number of unbranched alkanes of at least 4 members (excludes halogenated alkanes) is 1. The normalized spacial score (nSPS) is 12.6. The van der Waals surface area contributed by atoms with Crippen LogP contribution < -0.4 is 0 Å². The Morgan fingerprint density at radius 2 is 1.80 bits per heavy atom. The van der Waals surface area contributed by atoms with Crippen molar-refractivity contribution < 1.29 is 8.78 Å². The summed E-state index contributed by atoms with van der Waals surface area (Å²) >= 11 is 0. The Labute approximate surface area is 121 Å². The molecule has 0 aliphatic rings. The van der Waals surface area contributed by atoms with Crippen molar-refractivity contribution in [3.8, 4) is 0 Å². The van der Waals surface area contributed by atoms with Crippen LogP contribution in [-0.4, -0.2) is 0 Å². The van der Waals surface area contributed by atoms with Crippen molar-refractivity contribution in [1.29, 1.82) is 0 Å². The molecule has 0 bridgehead atoms. The molecule has 0 unspecified atom stereocenters. The van der Waals surface area contributed by atoms with Crippen LogP contribution in [0, 0.1) is 12.3 Å². The lowest BCUT2D eigenvalue weighted by Gasteiger charge is -2.33. The monoisotopic (exact) mass is 280 g/mol. The fraction of sp³-hybridized carbons (Fsp3) is 0.556. The Hall–Kier alpha value is -1.18. The number of rotatable bonds is 5. The van der Waals surface area contributed by atoms with Gasteiger partial charge in [0.15, 0.2) is 0 Å². The van der Waals surface area contributed by atoms with E-state index in [1.807, 2.05) is 6.07 Å². The SMILES string of the molecule is C=C(CCCC)c1cccc(C)c1C(F)(F)C(C)(C)C. The predicted molar refractivity (Wildman–Crippen MR) is 83.1 cm³/mol. The topological polar surface area (TPSA) is 0 Å². The highest BCUT2D eigenvalue weighted by atomic mass is 19.3. The smallest absolute Gasteiger partial charge is 0.201 e. The van der Waals surface area contributed by atoms with E-state index >= 15 is 0 Å². The highest BCUT2D eigenvalue weighted by Crippen LogP contribution is 2.48. The summed E-state index contributed by atoms with van der Waals surface area (Å²) < 4.78 is 29.7. The van der Waals surface area contributed by atoms with Crippen molar-refractivity contribution >= 4 is 5.57 Å². The maximum atomic E-state index is 14.8. The number of alkyl halides is 2. The van der Waals surface area contributed by atoms with E-state index < -0.39 is 11.3 Å². The van der Waals surface area contributed by atoms with E-state index in [9.17, 15) is 8.78 Å². The first kappa shape index (κ1) is 16.9. The van der Waals surface area contributed by atoms with Gasteiger partial charge < -0.3 is 0 Å². The molecule has 0 atom stereocenters. The van der Waals surface area contributed by atoms with Crippen LogP contribution in [0.25, 0.3) is 5.57 Å². The molecule has 0 saturated heterocycles. The summed E-state index contributed by atoms with van der Waals surface area (Å²) in [7, 11) is 0. The standard InChI is InChI=1S/C18H26F2/c1-7-8-10-13(2)15-12-9-11-14(3)16(15)18(19,20)17(4,5)6/h9,11-12H,2,7-8,10H2,1,3-6H3. The minimum Gasteiger partial charge on any atom is -0.201 e. The maximum absolute atomic E-state index is 14.8. The van der Waals surface area contributed by atoms with Crippen molar-refractivity contribution in [1.82, 2.24) is 0 Å². The molecule has 20 heavy (non-hydrogen) atoms. The third kappa shape index (κ3) is 3.28. The van der Waals surface area contributed by atoms with Gasteiger partial charge in [0.25, 0.3) is 5.92 Å². The lowest BCUT2D eigenvalue weighted by Crippen LogP contribution is -2.33. The fourth-order valence-electron chi connectivity index (χ4n) is 2.28. The van der Waals surface area contributed by atoms with E-state index in [1.54, 1.807) is 39.8 Å². The highest BCUT2D eigenvalue weighted by Gasteiger charge is 2.46. The van der Waals surface area contributed by atoms with Gasteiger partial charge in [-0.1, -0.05) is 58.9 Å². The van der Waals surface area contributed by atoms with Crippen LogP contribution in [0.5, 0.6) is 0 Å². The van der Waals surface area contributed by atoms with Gasteiger partial charge in [-0.15, -0.1) is 0 Å². The minimum atomic E-state index is -2.87. The second kappa shape index (κ2) is 6.07. The average Bonchev–Trinajstić information content (AvgIpc) is 2.33. The number of hydrogen-bond donors (Lipinski definition) is 0. The largest absolute Gasteiger partial charge is 0.278 e. The molecule has 0 amide bonds. The lowest BCUT2D eigenvalue weighted by atomic mass is 9.78. The Kier molecular flexibility index (Phi) is 5.12. The summed E-state index contributed by atoms with van der Waals surface area (Å²) in [6.07, 6.45) is 2.79. The quantitative estimate of drug-likeness (QED) is 0.590. The van der Waals surface area contributed by atoms with Crippen LogP contribution in [0.3, 0.4) is 0 Å². The molecular weight excluding hydrogens is 254 g/mol. The van der Waals surface area contributed by atoms with Crippen LogP contribution in [0.15, 0.2) is 24.8 Å². The summed E-state index contributed by atoms with van der Waals surface area (Å²) in [5.41, 5.74) is 1.11. The molecule has 0 aliphatic heterocycles. The van der Waals surface area contributed by atoms with Gasteiger partial charge in [0.2, 0.25) is 0 Å². The van der Waals surface area contributed by atoms with Gasteiger partial charge in [-0.3, -0.25) is 0 Å². The molecule has 0 fully saturated rings. The summed E-state index contributed by atoms with van der Waals surface area (Å²) in [6, 6.07) is 5.37. The van der Waals surface area contributed by atoms with E-state index in [1.165, 1.54) is 0 Å². The third-order valence-corrected chi connectivity index (χ3v) is 3.74. The van der Waals surface area contributed by atoms with Crippen LogP contribution in [0.1, 0.15) is 63.6 Å². The zero-order valence-corrected chi connectivity index (χ0v) is 13.3. The van der Waals surface area contributed by atoms with E-state index in [0.717, 1.165) is 24.8 Å². The lowest BCUT2D eigenvalue weighted by molar-refractivity contribution is -0.105. The van der Waals surface area contributed by atoms with Gasteiger partial charge in [-0.2, -0.15) is 0 Å². The fourth-order valence-corrected chi connectivity index (χ4v) is 2.28. The van der Waals surface area contributed by atoms with E-state index in [0.29, 0.717) is 11.1 Å². The molecule has 1 aromatic carbocycles. The van der Waals surface area contributed by atoms with Crippen molar-refractivity contribution in [3.63, 3.8) is 0 Å². The first-order chi connectivity index (χ1) is 9.13. The minimum absolute atomic E-state index is 0.147. The highest BCUT2D eigenvalue weighted by molar-refractivity contribution is 5.68. The van der Waals surface area contributed by atoms with Crippen molar-refractivity contribution in [2.45, 2.75) is 59.8 Å². The van der Waals surface area contributed by atoms with Gasteiger partial charge in [-0.05, 0) is 36.5 Å². The molecule has 0 heterocycles. The van der Waals surface area contributed by atoms with Crippen molar-refractivity contribution in [2.24, 2.45) is 5.41 Å². The molecule has 0 radical (unpaired) electrons. The molecule has 2 heteroatoms. The van der Waals surface area contributed by atoms with Crippen LogP contribution >= 0.6 is 0 Å². The molecule has 0 aliphatic carbocycles. The third-order valence-electron chi connectivity index (χ3n) is 3.74. The molecule has 0 saturated carbocycles. The number of allylic oxidation sites excluding steroid dienone is 1. The van der Waals surface area contributed by atoms with Gasteiger partial charge in [0, 0.05) is 11.0 Å². The van der Waals surface area contributed by atoms with E-state index in [-0.39, 0.29) is 5.56 Å². The first-order valence-electron chi connectivity index (χ1n) is 7.29. The molecule has 1 aromatic rings. The van der Waals surface area contributed by atoms with Crippen molar-refractivity contribution in [2.75, 3.05) is 0 Å². The van der Waals surface area contributed by atoms with Gasteiger partial charge in [-0.25, -0.2) is 8.78 Å². The number of hydrogen-bond acceptors (Lipinski definition) is 0. The predicted octanol–water partition coefficient (Wildman–Crippen LogP) is 6.34. The van der Waals surface area contributed by atoms with E-state index in [4.69, 9.17) is 0 Å². The van der Waals surface area contributed by atoms with E-state index in [2.05, 4.69) is 13.5 Å². The second-order valence-electron chi connectivity index (χ2n) is 6.53. The van der Waals surface area contributed by atoms with Gasteiger partial charge in [0.1, 0.15) is 0 Å². The molecule has 0 nitrogen and oxygen atoms in total. The van der Waals surface area contributed by atoms with Gasteiger partial charge >= 0.3 is 0 Å². The first-order valence-corrected chi connectivity index (χ1v) is 7.29. The zero-order chi connectivity index (χ0) is 15.6. The Morgan fingerprint density at radius 1 is 1.20 bits per heavy atom. The zero-order valence-electron chi connectivity index (χ0n) is 13.3. The Morgan fingerprint density at radius 3 is 2.30 bits per heavy atom. The Bertz CT molecular complexity index is 479. The van der Waals surface area contributed by atoms with Crippen LogP contribution in [0.2, 0.25) is 0 Å². The summed E-state index contributed by atoms with van der Waals surface area (Å²) in [5.74, 6) is -2.87.